The minimum Gasteiger partial charge on any atom is -0.370 e. The van der Waals surface area contributed by atoms with E-state index in [2.05, 4.69) is 4.74 Å². The summed E-state index contributed by atoms with van der Waals surface area (Å²) < 4.78 is 49.5. The van der Waals surface area contributed by atoms with Gasteiger partial charge in [0, 0.05) is 24.3 Å². The first-order valence-corrected chi connectivity index (χ1v) is 4.19. The minimum absolute atomic E-state index is 0.225. The lowest BCUT2D eigenvalue weighted by Crippen LogP contribution is -2.41. The first kappa shape index (κ1) is 5.40. The molecule has 6 heteroatoms. The molecule has 84 valence electrons. The molecule has 1 aliphatic rings. The zero-order valence-corrected chi connectivity index (χ0v) is 7.84. The monoisotopic (exact) mass is 228 g/mol. The molecule has 0 saturated carbocycles. The number of carbonyl (C=O) groups excluding carboxylic acids is 1. The Morgan fingerprint density at radius 2 is 2.12 bits per heavy atom. The molecule has 1 heterocycles. The number of hydrogen-bond donors (Lipinski definition) is 0. The van der Waals surface area contributed by atoms with E-state index in [9.17, 15) is 14.9 Å². The molecular formula is C10H10N2O4. The third kappa shape index (κ3) is 2.01. The van der Waals surface area contributed by atoms with Gasteiger partial charge >= 0.3 is 0 Å². The molecule has 2 rings (SSSR count). The van der Waals surface area contributed by atoms with Gasteiger partial charge in [-0.2, -0.15) is 0 Å². The van der Waals surface area contributed by atoms with Crippen molar-refractivity contribution < 1.29 is 22.7 Å². The number of amides is 1. The summed E-state index contributed by atoms with van der Waals surface area (Å²) in [5, 5.41) is 10.6. The summed E-state index contributed by atoms with van der Waals surface area (Å²) in [6.45, 7) is -9.20. The van der Waals surface area contributed by atoms with Gasteiger partial charge in [-0.1, -0.05) is 0 Å². The highest BCUT2D eigenvalue weighted by atomic mass is 16.6. The fraction of sp³-hybridized carbons (Fsp3) is 0.300. The van der Waals surface area contributed by atoms with Crippen molar-refractivity contribution in [2.75, 3.05) is 24.5 Å². The Bertz CT molecular complexity index is 633. The normalized spacial score (nSPS) is 31.2. The number of carbonyl (C=O) groups is 1. The van der Waals surface area contributed by atoms with Crippen molar-refractivity contribution in [3.8, 4) is 0 Å². The lowest BCUT2D eigenvalue weighted by molar-refractivity contribution is -0.384. The van der Waals surface area contributed by atoms with Crippen LogP contribution in [-0.2, 0) is 9.53 Å². The highest BCUT2D eigenvalue weighted by Crippen LogP contribution is 2.20. The van der Waals surface area contributed by atoms with Crippen molar-refractivity contribution in [1.29, 1.82) is 0 Å². The second kappa shape index (κ2) is 4.28. The molecule has 0 N–H and O–H groups in total. The van der Waals surface area contributed by atoms with Crippen LogP contribution in [0.25, 0.3) is 0 Å². The van der Waals surface area contributed by atoms with Crippen LogP contribution in [0.2, 0.25) is 0 Å². The average Bonchev–Trinajstić information content (AvgIpc) is 2.36. The molecule has 0 unspecified atom stereocenters. The lowest BCUT2D eigenvalue weighted by atomic mass is 10.2. The summed E-state index contributed by atoms with van der Waals surface area (Å²) in [7, 11) is 0. The molecule has 0 aromatic heterocycles. The topological polar surface area (TPSA) is 72.7 Å². The molecule has 0 atom stereocenters. The fourth-order valence-electron chi connectivity index (χ4n) is 1.14. The van der Waals surface area contributed by atoms with E-state index >= 15 is 0 Å². The third-order valence-corrected chi connectivity index (χ3v) is 1.87. The van der Waals surface area contributed by atoms with Crippen LogP contribution in [-0.4, -0.2) is 30.4 Å². The maximum atomic E-state index is 12.1. The molecular weight excluding hydrogens is 212 g/mol. The minimum atomic E-state index is -3.12. The number of nitrogens with zero attached hydrogens (tertiary/aromatic N) is 2. The Morgan fingerprint density at radius 3 is 2.75 bits per heavy atom. The van der Waals surface area contributed by atoms with Crippen LogP contribution in [0.3, 0.4) is 0 Å². The van der Waals surface area contributed by atoms with Gasteiger partial charge in [-0.05, 0) is 12.1 Å². The van der Waals surface area contributed by atoms with E-state index in [-0.39, 0.29) is 16.3 Å². The predicted molar refractivity (Wildman–Crippen MR) is 56.3 cm³/mol. The highest BCUT2D eigenvalue weighted by Gasteiger charge is 2.20. The summed E-state index contributed by atoms with van der Waals surface area (Å²) in [5.74, 6) is -1.44. The van der Waals surface area contributed by atoms with Crippen molar-refractivity contribution in [3.63, 3.8) is 0 Å². The lowest BCUT2D eigenvalue weighted by Gasteiger charge is -2.26. The van der Waals surface area contributed by atoms with Crippen LogP contribution in [0, 0.1) is 10.1 Å². The molecule has 1 aliphatic heterocycles. The van der Waals surface area contributed by atoms with Crippen LogP contribution in [0.1, 0.15) is 8.22 Å². The van der Waals surface area contributed by atoms with E-state index in [4.69, 9.17) is 8.22 Å². The molecule has 1 fully saturated rings. The summed E-state index contributed by atoms with van der Waals surface area (Å²) in [4.78, 5) is 22.2. The van der Waals surface area contributed by atoms with Crippen molar-refractivity contribution in [1.82, 2.24) is 0 Å². The summed E-state index contributed by atoms with van der Waals surface area (Å²) in [6, 6.07) is 4.06. The summed E-state index contributed by atoms with van der Waals surface area (Å²) in [5.41, 5.74) is -0.535. The van der Waals surface area contributed by atoms with Crippen molar-refractivity contribution in [3.05, 3.63) is 34.4 Å². The van der Waals surface area contributed by atoms with Gasteiger partial charge in [-0.3, -0.25) is 14.9 Å². The van der Waals surface area contributed by atoms with Crippen LogP contribution >= 0.6 is 0 Å². The number of anilines is 1. The van der Waals surface area contributed by atoms with Crippen LogP contribution in [0.5, 0.6) is 0 Å². The molecule has 6 nitrogen and oxygen atoms in total. The maximum absolute atomic E-state index is 12.1. The number of nitro groups is 1. The molecule has 0 aliphatic carbocycles. The van der Waals surface area contributed by atoms with E-state index in [1.165, 1.54) is 0 Å². The van der Waals surface area contributed by atoms with Crippen LogP contribution in [0.15, 0.2) is 24.3 Å². The highest BCUT2D eigenvalue weighted by molar-refractivity contribution is 5.94. The van der Waals surface area contributed by atoms with Crippen LogP contribution < -0.4 is 4.90 Å². The van der Waals surface area contributed by atoms with E-state index < -0.39 is 30.4 Å². The smallest absolute Gasteiger partial charge is 0.269 e. The number of ether oxygens (including phenoxy) is 1. The largest absolute Gasteiger partial charge is 0.370 e. The first-order chi connectivity index (χ1) is 9.90. The molecule has 1 saturated heterocycles. The van der Waals surface area contributed by atoms with Crippen molar-refractivity contribution in [2.45, 2.75) is 0 Å². The van der Waals surface area contributed by atoms with Gasteiger partial charge in [0.05, 0.1) is 19.7 Å². The van der Waals surface area contributed by atoms with E-state index in [0.717, 1.165) is 24.3 Å². The standard InChI is InChI=1S/C10H10N2O4/c13-10-7-16-6-5-11(10)8-1-3-9(4-2-8)12(14)15/h1-4H,5-7H2/i5D2,6D2,7D2. The Hall–Kier alpha value is -1.95. The Morgan fingerprint density at radius 1 is 1.44 bits per heavy atom. The van der Waals surface area contributed by atoms with Crippen molar-refractivity contribution >= 4 is 17.3 Å². The van der Waals surface area contributed by atoms with Gasteiger partial charge < -0.3 is 9.64 Å². The number of hydrogen-bond acceptors (Lipinski definition) is 4. The zero-order chi connectivity index (χ0) is 16.9. The van der Waals surface area contributed by atoms with Gasteiger partial charge in [-0.15, -0.1) is 0 Å². The quantitative estimate of drug-likeness (QED) is 0.558. The summed E-state index contributed by atoms with van der Waals surface area (Å²) in [6.07, 6.45) is 0. The number of morpholine rings is 1. The van der Waals surface area contributed by atoms with Gasteiger partial charge in [0.25, 0.3) is 11.6 Å². The van der Waals surface area contributed by atoms with Crippen molar-refractivity contribution in [2.24, 2.45) is 0 Å². The van der Waals surface area contributed by atoms with Gasteiger partial charge in [0.1, 0.15) is 6.56 Å². The van der Waals surface area contributed by atoms with Gasteiger partial charge in [0.15, 0.2) is 0 Å². The van der Waals surface area contributed by atoms with E-state index in [1.807, 2.05) is 0 Å². The number of benzene rings is 1. The zero-order valence-electron chi connectivity index (χ0n) is 13.8. The molecule has 0 bridgehead atoms. The number of rotatable bonds is 2. The van der Waals surface area contributed by atoms with Gasteiger partial charge in [0.2, 0.25) is 0 Å². The molecule has 0 radical (unpaired) electrons. The number of non-ortho nitro benzene ring substituents is 1. The maximum Gasteiger partial charge on any atom is 0.269 e. The molecule has 1 aromatic carbocycles. The second-order valence-corrected chi connectivity index (χ2v) is 2.83. The Kier molecular flexibility index (Phi) is 1.44. The molecule has 0 spiro atoms. The third-order valence-electron chi connectivity index (χ3n) is 1.87. The van der Waals surface area contributed by atoms with E-state index in [1.54, 1.807) is 0 Å². The predicted octanol–water partition coefficient (Wildman–Crippen LogP) is 0.958. The first-order valence-electron chi connectivity index (χ1n) is 7.19. The fourth-order valence-corrected chi connectivity index (χ4v) is 1.14. The van der Waals surface area contributed by atoms with Crippen LogP contribution in [0.4, 0.5) is 11.4 Å². The summed E-state index contributed by atoms with van der Waals surface area (Å²) >= 11 is 0. The SMILES string of the molecule is [2H]C1([2H])OC([2H])([2H])C([2H])([2H])N(c2ccc([N+](=O)[O-])cc2)C1=O. The average molecular weight is 228 g/mol. The Labute approximate surface area is 100 Å². The Balaban J connectivity index is 2.54. The molecule has 16 heavy (non-hydrogen) atoms. The second-order valence-electron chi connectivity index (χ2n) is 2.83. The van der Waals surface area contributed by atoms with Gasteiger partial charge in [-0.25, -0.2) is 0 Å². The molecule has 1 amide bonds. The van der Waals surface area contributed by atoms with E-state index in [0.29, 0.717) is 0 Å². The number of nitro benzene ring substituents is 1. The molecule has 1 aromatic rings.